The van der Waals surface area contributed by atoms with Crippen LogP contribution in [0.15, 0.2) is 18.2 Å². The maximum atomic E-state index is 13.4. The molecule has 6 rings (SSSR count). The molecule has 226 valence electrons. The molecule has 43 heavy (non-hydrogen) atoms. The van der Waals surface area contributed by atoms with Gasteiger partial charge in [0, 0.05) is 63.6 Å². The second-order valence-corrected chi connectivity index (χ2v) is 12.2. The summed E-state index contributed by atoms with van der Waals surface area (Å²) < 4.78 is 4.93. The van der Waals surface area contributed by atoms with Gasteiger partial charge in [0.1, 0.15) is 11.2 Å². The van der Waals surface area contributed by atoms with Crippen LogP contribution in [0.2, 0.25) is 0 Å². The fourth-order valence-electron chi connectivity index (χ4n) is 7.09. The van der Waals surface area contributed by atoms with Crippen LogP contribution in [0.5, 0.6) is 0 Å². The van der Waals surface area contributed by atoms with E-state index in [-0.39, 0.29) is 60.8 Å². The van der Waals surface area contributed by atoms with Crippen LogP contribution in [-0.4, -0.2) is 54.1 Å². The van der Waals surface area contributed by atoms with E-state index in [0.717, 1.165) is 33.6 Å². The molecule has 5 heterocycles. The average molecular weight is 587 g/mol. The smallest absolute Gasteiger partial charge is 0.305 e. The van der Waals surface area contributed by atoms with E-state index >= 15 is 0 Å². The number of aromatic amines is 2. The number of fused-ring (bicyclic) bond motifs is 8. The molecule has 0 aromatic carbocycles. The minimum atomic E-state index is -1.73. The van der Waals surface area contributed by atoms with Crippen LogP contribution in [-0.2, 0) is 33.8 Å². The Morgan fingerprint density at radius 3 is 2.44 bits per heavy atom. The van der Waals surface area contributed by atoms with Gasteiger partial charge in [-0.25, -0.2) is 0 Å². The Bertz CT molecular complexity index is 1850. The third-order valence-electron chi connectivity index (χ3n) is 10.0. The van der Waals surface area contributed by atoms with Crippen molar-refractivity contribution in [2.24, 2.45) is 0 Å². The number of carbonyl (C=O) groups is 2. The number of aryl methyl sites for hydroxylation is 2. The molecule has 3 aromatic heterocycles. The lowest BCUT2D eigenvalue weighted by Gasteiger charge is -2.34. The van der Waals surface area contributed by atoms with Crippen molar-refractivity contribution in [3.63, 3.8) is 0 Å². The molecule has 10 heteroatoms. The number of Topliss-reactive ketones (excluding diaryl/α,β-unsaturated/α-hetero) is 1. The van der Waals surface area contributed by atoms with Gasteiger partial charge in [-0.05, 0) is 62.9 Å². The Morgan fingerprint density at radius 2 is 1.77 bits per heavy atom. The zero-order valence-electron chi connectivity index (χ0n) is 25.4. The van der Waals surface area contributed by atoms with E-state index in [9.17, 15) is 24.9 Å². The fraction of sp³-hybridized carbons (Fsp3) is 0.455. The number of hydrogen-bond donors (Lipinski definition) is 5. The monoisotopic (exact) mass is 586 g/mol. The lowest BCUT2D eigenvalue weighted by molar-refractivity contribution is -0.148. The Kier molecular flexibility index (Phi) is 6.87. The number of nitrogens with one attached hydrogen (secondary N) is 2. The van der Waals surface area contributed by atoms with Crippen molar-refractivity contribution < 1.29 is 29.6 Å². The van der Waals surface area contributed by atoms with Crippen LogP contribution in [0.25, 0.3) is 22.1 Å². The molecule has 2 unspecified atom stereocenters. The largest absolute Gasteiger partial charge is 0.469 e. The van der Waals surface area contributed by atoms with Crippen molar-refractivity contribution in [3.8, 4) is 0 Å². The van der Waals surface area contributed by atoms with Gasteiger partial charge in [0.25, 0.3) is 0 Å². The first-order valence-electron chi connectivity index (χ1n) is 14.8. The Balaban J connectivity index is 1.76. The first-order valence-corrected chi connectivity index (χ1v) is 14.8. The number of rotatable bonds is 5. The highest BCUT2D eigenvalue weighted by Crippen LogP contribution is 2.47. The molecule has 0 spiro atoms. The highest BCUT2D eigenvalue weighted by Gasteiger charge is 2.53. The molecule has 0 fully saturated rings. The minimum absolute atomic E-state index is 0.0249. The molecule has 4 atom stereocenters. The maximum absolute atomic E-state index is 13.4. The predicted molar refractivity (Wildman–Crippen MR) is 161 cm³/mol. The number of nitrogens with zero attached hydrogens (tertiary/aromatic N) is 2. The SMILES string of the molecule is CCC1(O)c2cc3[nH]c4c(c5nc(cc6[nH]c(cc(n2)C1(C)O)c(CO)c6C)[C@@H](C)[C@@H]5CCC(=O)OC)CC(=O)c4c3C. The van der Waals surface area contributed by atoms with Crippen molar-refractivity contribution >= 4 is 33.8 Å². The van der Waals surface area contributed by atoms with E-state index < -0.39 is 11.2 Å². The standard InChI is InChI=1S/C33H38N4O6/c1-7-33(42)27-12-23-17(4)29-25(39)10-19(31(29)36-23)30-18(8-9-28(40)43-6)15(2)22(35-30)11-21-16(3)20(14-38)24(34-21)13-26(37-27)32(33,5)41/h11-13,15,18,34,36,38,41-42H,7-10,14H2,1-6H3/t15-,18-,32?,33?/m0/s1. The second-order valence-electron chi connectivity index (χ2n) is 12.2. The van der Waals surface area contributed by atoms with Gasteiger partial charge in [0.05, 0.1) is 36.3 Å². The lowest BCUT2D eigenvalue weighted by atomic mass is 9.80. The summed E-state index contributed by atoms with van der Waals surface area (Å²) in [6.07, 6.45) is 1.11. The normalized spacial score (nSPS) is 24.5. The Hall–Kier alpha value is -3.86. The van der Waals surface area contributed by atoms with Gasteiger partial charge in [0.2, 0.25) is 0 Å². The van der Waals surface area contributed by atoms with Crippen molar-refractivity contribution in [3.05, 3.63) is 68.8 Å². The number of aromatic nitrogens is 4. The van der Waals surface area contributed by atoms with Crippen LogP contribution >= 0.6 is 0 Å². The number of esters is 1. The van der Waals surface area contributed by atoms with E-state index in [0.29, 0.717) is 34.1 Å². The fourth-order valence-corrected chi connectivity index (χ4v) is 7.09. The third-order valence-corrected chi connectivity index (χ3v) is 10.0. The second kappa shape index (κ2) is 10.1. The van der Waals surface area contributed by atoms with E-state index in [1.807, 2.05) is 19.9 Å². The number of methoxy groups -OCH3 is 1. The van der Waals surface area contributed by atoms with Crippen LogP contribution in [0.4, 0.5) is 0 Å². The lowest BCUT2D eigenvalue weighted by Crippen LogP contribution is -2.43. The molecule has 8 bridgehead atoms. The molecule has 3 aromatic rings. The highest BCUT2D eigenvalue weighted by molar-refractivity contribution is 6.13. The molecule has 0 amide bonds. The Labute approximate surface area is 249 Å². The molecule has 1 aliphatic carbocycles. The summed E-state index contributed by atoms with van der Waals surface area (Å²) in [4.78, 5) is 42.3. The number of aliphatic hydroxyl groups excluding tert-OH is 1. The van der Waals surface area contributed by atoms with Crippen LogP contribution in [0.1, 0.15) is 107 Å². The van der Waals surface area contributed by atoms with Crippen molar-refractivity contribution in [1.82, 2.24) is 19.9 Å². The molecule has 3 aliphatic rings. The Morgan fingerprint density at radius 1 is 1.07 bits per heavy atom. The van der Waals surface area contributed by atoms with E-state index in [1.165, 1.54) is 7.11 Å². The molecule has 5 N–H and O–H groups in total. The maximum Gasteiger partial charge on any atom is 0.305 e. The van der Waals surface area contributed by atoms with Gasteiger partial charge in [-0.15, -0.1) is 0 Å². The van der Waals surface area contributed by atoms with Gasteiger partial charge in [-0.2, -0.15) is 0 Å². The van der Waals surface area contributed by atoms with Crippen LogP contribution in [0.3, 0.4) is 0 Å². The average Bonchev–Trinajstić information content (AvgIpc) is 3.70. The summed E-state index contributed by atoms with van der Waals surface area (Å²) in [7, 11) is 1.37. The zero-order valence-corrected chi connectivity index (χ0v) is 25.4. The summed E-state index contributed by atoms with van der Waals surface area (Å²) in [5, 5.41) is 33.9. The van der Waals surface area contributed by atoms with Gasteiger partial charge in [-0.3, -0.25) is 19.6 Å². The molecule has 2 aliphatic heterocycles. The summed E-state index contributed by atoms with van der Waals surface area (Å²) in [6, 6.07) is 5.34. The number of carbonyl (C=O) groups excluding carboxylic acids is 2. The molecule has 0 radical (unpaired) electrons. The number of hydrogen-bond acceptors (Lipinski definition) is 8. The van der Waals surface area contributed by atoms with E-state index in [4.69, 9.17) is 14.7 Å². The minimum Gasteiger partial charge on any atom is -0.469 e. The third kappa shape index (κ3) is 4.18. The first-order chi connectivity index (χ1) is 20.4. The quantitative estimate of drug-likeness (QED) is 0.273. The summed E-state index contributed by atoms with van der Waals surface area (Å²) in [5.74, 6) is -0.513. The number of ketones is 1. The molecule has 0 saturated carbocycles. The van der Waals surface area contributed by atoms with Crippen molar-refractivity contribution in [2.75, 3.05) is 7.11 Å². The van der Waals surface area contributed by atoms with Gasteiger partial charge in [-0.1, -0.05) is 13.8 Å². The van der Waals surface area contributed by atoms with Crippen LogP contribution < -0.4 is 0 Å². The zero-order chi connectivity index (χ0) is 31.0. The molecular formula is C33H38N4O6. The molecule has 10 nitrogen and oxygen atoms in total. The van der Waals surface area contributed by atoms with Crippen LogP contribution in [0, 0.1) is 13.8 Å². The molecular weight excluding hydrogens is 548 g/mol. The topological polar surface area (TPSA) is 161 Å². The number of ether oxygens (including phenoxy) is 1. The number of aliphatic hydroxyl groups is 3. The predicted octanol–water partition coefficient (Wildman–Crippen LogP) is 4.51. The summed E-state index contributed by atoms with van der Waals surface area (Å²) in [5.41, 5.74) is 4.88. The van der Waals surface area contributed by atoms with Crippen molar-refractivity contribution in [2.45, 2.75) is 89.9 Å². The number of H-pyrrole nitrogens is 2. The molecule has 0 saturated heterocycles. The van der Waals surface area contributed by atoms with E-state index in [2.05, 4.69) is 16.9 Å². The highest BCUT2D eigenvalue weighted by atomic mass is 16.5. The summed E-state index contributed by atoms with van der Waals surface area (Å²) >= 11 is 0. The summed E-state index contributed by atoms with van der Waals surface area (Å²) in [6.45, 7) is 8.92. The van der Waals surface area contributed by atoms with E-state index in [1.54, 1.807) is 26.0 Å². The van der Waals surface area contributed by atoms with Gasteiger partial charge < -0.3 is 30.0 Å². The van der Waals surface area contributed by atoms with Gasteiger partial charge >= 0.3 is 5.97 Å². The van der Waals surface area contributed by atoms with Gasteiger partial charge in [0.15, 0.2) is 5.78 Å². The first kappa shape index (κ1) is 29.2. The van der Waals surface area contributed by atoms with Crippen molar-refractivity contribution in [1.29, 1.82) is 0 Å².